The van der Waals surface area contributed by atoms with E-state index in [0.29, 0.717) is 11.2 Å². The summed E-state index contributed by atoms with van der Waals surface area (Å²) >= 11 is 1.84. The first kappa shape index (κ1) is 9.86. The van der Waals surface area contributed by atoms with E-state index in [1.807, 2.05) is 30.9 Å². The monoisotopic (exact) mass is 187 g/mol. The summed E-state index contributed by atoms with van der Waals surface area (Å²) in [6, 6.07) is 0. The molecule has 1 aliphatic rings. The minimum absolute atomic E-state index is 0.660. The Morgan fingerprint density at radius 1 is 1.58 bits per heavy atom. The Bertz CT molecular complexity index is 177. The zero-order valence-corrected chi connectivity index (χ0v) is 8.98. The number of rotatable bonds is 2. The molecular weight excluding hydrogens is 170 g/mol. The first-order valence-electron chi connectivity index (χ1n) is 4.24. The SMILES string of the molecule is CC(C)C1CN=C(NN(C)C)S1. The molecule has 1 atom stereocenters. The van der Waals surface area contributed by atoms with E-state index < -0.39 is 0 Å². The fraction of sp³-hybridized carbons (Fsp3) is 0.875. The average molecular weight is 187 g/mol. The molecule has 0 spiro atoms. The number of thioether (sulfide) groups is 1. The van der Waals surface area contributed by atoms with Crippen LogP contribution in [0.3, 0.4) is 0 Å². The molecule has 0 aromatic carbocycles. The summed E-state index contributed by atoms with van der Waals surface area (Å²) in [5.74, 6) is 0.709. The van der Waals surface area contributed by atoms with E-state index in [9.17, 15) is 0 Å². The van der Waals surface area contributed by atoms with Crippen LogP contribution in [0.4, 0.5) is 0 Å². The maximum absolute atomic E-state index is 4.41. The van der Waals surface area contributed by atoms with Crippen molar-refractivity contribution in [2.75, 3.05) is 20.6 Å². The van der Waals surface area contributed by atoms with Crippen LogP contribution >= 0.6 is 11.8 Å². The molecule has 70 valence electrons. The van der Waals surface area contributed by atoms with Gasteiger partial charge in [-0.2, -0.15) is 0 Å². The van der Waals surface area contributed by atoms with Crippen LogP contribution in [0.1, 0.15) is 13.8 Å². The molecule has 3 nitrogen and oxygen atoms in total. The van der Waals surface area contributed by atoms with E-state index in [0.717, 1.165) is 11.7 Å². The molecule has 0 aromatic rings. The molecule has 0 aliphatic carbocycles. The lowest BCUT2D eigenvalue weighted by Crippen LogP contribution is -2.34. The van der Waals surface area contributed by atoms with Crippen LogP contribution in [-0.2, 0) is 0 Å². The van der Waals surface area contributed by atoms with Crippen LogP contribution in [0.25, 0.3) is 0 Å². The van der Waals surface area contributed by atoms with Crippen molar-refractivity contribution in [1.82, 2.24) is 10.4 Å². The molecule has 0 amide bonds. The smallest absolute Gasteiger partial charge is 0.171 e. The molecule has 1 aliphatic heterocycles. The molecule has 0 radical (unpaired) electrons. The third-order valence-corrected chi connectivity index (χ3v) is 3.18. The lowest BCUT2D eigenvalue weighted by Gasteiger charge is -2.15. The summed E-state index contributed by atoms with van der Waals surface area (Å²) in [7, 11) is 3.96. The van der Waals surface area contributed by atoms with Gasteiger partial charge in [0.1, 0.15) is 0 Å². The third kappa shape index (κ3) is 2.68. The van der Waals surface area contributed by atoms with E-state index in [4.69, 9.17) is 0 Å². The molecule has 4 heteroatoms. The highest BCUT2D eigenvalue weighted by molar-refractivity contribution is 8.14. The lowest BCUT2D eigenvalue weighted by molar-refractivity contribution is 0.366. The molecule has 1 heterocycles. The molecule has 0 bridgehead atoms. The van der Waals surface area contributed by atoms with Crippen LogP contribution in [-0.4, -0.2) is 36.1 Å². The van der Waals surface area contributed by atoms with Gasteiger partial charge in [-0.3, -0.25) is 10.4 Å². The van der Waals surface area contributed by atoms with E-state index in [1.165, 1.54) is 0 Å². The van der Waals surface area contributed by atoms with Crippen molar-refractivity contribution in [2.45, 2.75) is 19.1 Å². The first-order valence-corrected chi connectivity index (χ1v) is 5.12. The van der Waals surface area contributed by atoms with Crippen LogP contribution < -0.4 is 5.43 Å². The fourth-order valence-electron chi connectivity index (χ4n) is 0.991. The highest BCUT2D eigenvalue weighted by atomic mass is 32.2. The van der Waals surface area contributed by atoms with Crippen LogP contribution in [0, 0.1) is 5.92 Å². The van der Waals surface area contributed by atoms with Gasteiger partial charge < -0.3 is 0 Å². The van der Waals surface area contributed by atoms with Gasteiger partial charge in [0.25, 0.3) is 0 Å². The predicted octanol–water partition coefficient (Wildman–Crippen LogP) is 1.18. The van der Waals surface area contributed by atoms with Crippen molar-refractivity contribution >= 4 is 16.9 Å². The van der Waals surface area contributed by atoms with Gasteiger partial charge in [-0.1, -0.05) is 25.6 Å². The molecule has 12 heavy (non-hydrogen) atoms. The number of hydrogen-bond donors (Lipinski definition) is 1. The molecule has 1 rings (SSSR count). The Labute approximate surface area is 78.6 Å². The van der Waals surface area contributed by atoms with E-state index >= 15 is 0 Å². The summed E-state index contributed by atoms with van der Waals surface area (Å²) in [4.78, 5) is 4.41. The second-order valence-corrected chi connectivity index (χ2v) is 4.78. The molecule has 0 saturated carbocycles. The largest absolute Gasteiger partial charge is 0.298 e. The van der Waals surface area contributed by atoms with E-state index in [1.54, 1.807) is 0 Å². The Kier molecular flexibility index (Phi) is 3.40. The predicted molar refractivity (Wildman–Crippen MR) is 55.3 cm³/mol. The first-order chi connectivity index (χ1) is 5.59. The minimum atomic E-state index is 0.660. The van der Waals surface area contributed by atoms with Crippen molar-refractivity contribution in [3.63, 3.8) is 0 Å². The van der Waals surface area contributed by atoms with Gasteiger partial charge in [-0.15, -0.1) is 0 Å². The second-order valence-electron chi connectivity index (χ2n) is 3.55. The Morgan fingerprint density at radius 2 is 2.25 bits per heavy atom. The van der Waals surface area contributed by atoms with Gasteiger partial charge >= 0.3 is 0 Å². The van der Waals surface area contributed by atoms with Gasteiger partial charge in [0.2, 0.25) is 0 Å². The van der Waals surface area contributed by atoms with Crippen LogP contribution in [0.5, 0.6) is 0 Å². The summed E-state index contributed by atoms with van der Waals surface area (Å²) < 4.78 is 0. The van der Waals surface area contributed by atoms with E-state index in [-0.39, 0.29) is 0 Å². The number of nitrogens with one attached hydrogen (secondary N) is 1. The van der Waals surface area contributed by atoms with Gasteiger partial charge in [0.15, 0.2) is 5.17 Å². The van der Waals surface area contributed by atoms with Crippen LogP contribution in [0.15, 0.2) is 4.99 Å². The molecular formula is C8H17N3S. The molecule has 0 aromatic heterocycles. The van der Waals surface area contributed by atoms with Gasteiger partial charge in [0, 0.05) is 19.3 Å². The number of hydrazine groups is 1. The summed E-state index contributed by atoms with van der Waals surface area (Å²) in [5.41, 5.74) is 3.17. The summed E-state index contributed by atoms with van der Waals surface area (Å²) in [5, 5.41) is 3.64. The Morgan fingerprint density at radius 3 is 2.67 bits per heavy atom. The van der Waals surface area contributed by atoms with Gasteiger partial charge in [-0.05, 0) is 5.92 Å². The fourth-order valence-corrected chi connectivity index (χ4v) is 2.08. The number of hydrogen-bond acceptors (Lipinski definition) is 4. The Balaban J connectivity index is 2.33. The highest BCUT2D eigenvalue weighted by Crippen LogP contribution is 2.25. The minimum Gasteiger partial charge on any atom is -0.298 e. The second kappa shape index (κ2) is 4.14. The topological polar surface area (TPSA) is 27.6 Å². The van der Waals surface area contributed by atoms with Crippen molar-refractivity contribution < 1.29 is 0 Å². The lowest BCUT2D eigenvalue weighted by atomic mass is 10.1. The average Bonchev–Trinajstić information content (AvgIpc) is 2.34. The molecule has 1 unspecified atom stereocenters. The standard InChI is InChI=1S/C8H17N3S/c1-6(2)7-5-9-8(12-7)10-11(3)4/h6-7H,5H2,1-4H3,(H,9,10). The van der Waals surface area contributed by atoms with Crippen molar-refractivity contribution in [3.05, 3.63) is 0 Å². The molecule has 0 saturated heterocycles. The zero-order valence-electron chi connectivity index (χ0n) is 8.16. The van der Waals surface area contributed by atoms with Crippen molar-refractivity contribution in [1.29, 1.82) is 0 Å². The quantitative estimate of drug-likeness (QED) is 0.658. The number of amidine groups is 1. The number of nitrogens with zero attached hydrogens (tertiary/aromatic N) is 2. The van der Waals surface area contributed by atoms with Crippen molar-refractivity contribution in [3.8, 4) is 0 Å². The molecule has 1 N–H and O–H groups in total. The summed E-state index contributed by atoms with van der Waals surface area (Å²) in [6.07, 6.45) is 0. The molecule has 0 fully saturated rings. The normalized spacial score (nSPS) is 23.5. The van der Waals surface area contributed by atoms with Crippen LogP contribution in [0.2, 0.25) is 0 Å². The van der Waals surface area contributed by atoms with E-state index in [2.05, 4.69) is 24.3 Å². The summed E-state index contributed by atoms with van der Waals surface area (Å²) in [6.45, 7) is 5.44. The number of aliphatic imine (C=N–C) groups is 1. The maximum atomic E-state index is 4.41. The zero-order chi connectivity index (χ0) is 9.14. The van der Waals surface area contributed by atoms with Gasteiger partial charge in [-0.25, -0.2) is 5.01 Å². The Hall–Kier alpha value is -0.220. The maximum Gasteiger partial charge on any atom is 0.171 e. The van der Waals surface area contributed by atoms with Crippen molar-refractivity contribution in [2.24, 2.45) is 10.9 Å². The third-order valence-electron chi connectivity index (χ3n) is 1.74. The van der Waals surface area contributed by atoms with Gasteiger partial charge in [0.05, 0.1) is 6.54 Å². The highest BCUT2D eigenvalue weighted by Gasteiger charge is 2.22.